The highest BCUT2D eigenvalue weighted by Crippen LogP contribution is 2.20. The predicted octanol–water partition coefficient (Wildman–Crippen LogP) is 4.31. The van der Waals surface area contributed by atoms with Crippen molar-refractivity contribution in [2.75, 3.05) is 5.32 Å². The molecule has 2 aromatic carbocycles. The molecule has 0 aliphatic rings. The normalized spacial score (nSPS) is 10.6. The molecule has 6 heteroatoms. The van der Waals surface area contributed by atoms with Crippen molar-refractivity contribution in [3.8, 4) is 11.4 Å². The third kappa shape index (κ3) is 3.41. The van der Waals surface area contributed by atoms with Gasteiger partial charge >= 0.3 is 0 Å². The number of nitrogens with zero attached hydrogens (tertiary/aromatic N) is 3. The first-order valence-corrected chi connectivity index (χ1v) is 9.08. The van der Waals surface area contributed by atoms with E-state index in [1.165, 1.54) is 4.68 Å². The second-order valence-electron chi connectivity index (χ2n) is 5.64. The van der Waals surface area contributed by atoms with Crippen molar-refractivity contribution in [1.82, 2.24) is 14.8 Å². The maximum Gasteiger partial charge on any atom is 0.281 e. The lowest BCUT2D eigenvalue weighted by molar-refractivity contribution is 0.0947. The summed E-state index contributed by atoms with van der Waals surface area (Å²) < 4.78 is 1.34. The van der Waals surface area contributed by atoms with Gasteiger partial charge in [-0.1, -0.05) is 54.6 Å². The molecule has 0 bridgehead atoms. The lowest BCUT2D eigenvalue weighted by atomic mass is 10.2. The lowest BCUT2D eigenvalue weighted by Crippen LogP contribution is -2.17. The molecule has 0 saturated carbocycles. The first-order chi connectivity index (χ1) is 12.8. The number of carbonyl (C=O) groups excluding carboxylic acids is 1. The van der Waals surface area contributed by atoms with Crippen LogP contribution in [0.2, 0.25) is 0 Å². The Hall–Kier alpha value is -3.25. The number of rotatable bonds is 5. The molecule has 0 fully saturated rings. The Morgan fingerprint density at radius 1 is 0.962 bits per heavy atom. The highest BCUT2D eigenvalue weighted by molar-refractivity contribution is 7.09. The Kier molecular flexibility index (Phi) is 4.57. The summed E-state index contributed by atoms with van der Waals surface area (Å²) in [5.41, 5.74) is 1.43. The molecule has 0 amide bonds. The summed E-state index contributed by atoms with van der Waals surface area (Å²) in [6.07, 6.45) is 0. The van der Waals surface area contributed by atoms with E-state index in [0.717, 1.165) is 10.4 Å². The van der Waals surface area contributed by atoms with Gasteiger partial charge in [-0.2, -0.15) is 9.67 Å². The molecule has 4 rings (SSSR count). The van der Waals surface area contributed by atoms with Gasteiger partial charge in [0.2, 0.25) is 5.95 Å². The first-order valence-electron chi connectivity index (χ1n) is 8.20. The molecule has 26 heavy (non-hydrogen) atoms. The summed E-state index contributed by atoms with van der Waals surface area (Å²) in [6.45, 7) is 0.590. The second-order valence-corrected chi connectivity index (χ2v) is 6.67. The van der Waals surface area contributed by atoms with Crippen molar-refractivity contribution in [3.63, 3.8) is 0 Å². The van der Waals surface area contributed by atoms with Gasteiger partial charge in [-0.25, -0.2) is 0 Å². The summed E-state index contributed by atoms with van der Waals surface area (Å²) in [5.74, 6) is 0.739. The van der Waals surface area contributed by atoms with Crippen LogP contribution < -0.4 is 5.32 Å². The minimum Gasteiger partial charge on any atom is -0.349 e. The Labute approximate surface area is 155 Å². The Bertz CT molecular complexity index is 995. The number of carbonyl (C=O) groups is 1. The average molecular weight is 360 g/mol. The number of aromatic nitrogens is 3. The van der Waals surface area contributed by atoms with Gasteiger partial charge in [-0.05, 0) is 23.6 Å². The van der Waals surface area contributed by atoms with Gasteiger partial charge in [0.25, 0.3) is 5.91 Å². The zero-order valence-corrected chi connectivity index (χ0v) is 14.7. The lowest BCUT2D eigenvalue weighted by Gasteiger charge is -2.06. The molecule has 5 nitrogen and oxygen atoms in total. The van der Waals surface area contributed by atoms with E-state index in [1.807, 2.05) is 66.0 Å². The second kappa shape index (κ2) is 7.33. The van der Waals surface area contributed by atoms with Gasteiger partial charge in [0.1, 0.15) is 0 Å². The molecule has 0 radical (unpaired) electrons. The Morgan fingerprint density at radius 3 is 2.38 bits per heavy atom. The van der Waals surface area contributed by atoms with Crippen molar-refractivity contribution in [3.05, 3.63) is 88.6 Å². The number of hydrogen-bond donors (Lipinski definition) is 1. The number of hydrogen-bond acceptors (Lipinski definition) is 5. The minimum absolute atomic E-state index is 0.214. The zero-order chi connectivity index (χ0) is 17.8. The summed E-state index contributed by atoms with van der Waals surface area (Å²) in [4.78, 5) is 18.6. The van der Waals surface area contributed by atoms with Crippen molar-refractivity contribution in [2.24, 2.45) is 0 Å². The average Bonchev–Trinajstić information content (AvgIpc) is 3.37. The van der Waals surface area contributed by atoms with Crippen LogP contribution in [0, 0.1) is 0 Å². The van der Waals surface area contributed by atoms with E-state index in [-0.39, 0.29) is 5.91 Å². The molecule has 2 heterocycles. The summed E-state index contributed by atoms with van der Waals surface area (Å²) in [6, 6.07) is 22.8. The van der Waals surface area contributed by atoms with Gasteiger partial charge in [0.15, 0.2) is 5.82 Å². The third-order valence-corrected chi connectivity index (χ3v) is 4.73. The molecule has 0 atom stereocenters. The van der Waals surface area contributed by atoms with Crippen molar-refractivity contribution in [1.29, 1.82) is 0 Å². The van der Waals surface area contributed by atoms with Gasteiger partial charge in [0, 0.05) is 16.0 Å². The van der Waals surface area contributed by atoms with Crippen molar-refractivity contribution < 1.29 is 4.79 Å². The van der Waals surface area contributed by atoms with Crippen molar-refractivity contribution >= 4 is 23.2 Å². The maximum absolute atomic E-state index is 12.9. The fraction of sp³-hybridized carbons (Fsp3) is 0.0500. The largest absolute Gasteiger partial charge is 0.349 e. The van der Waals surface area contributed by atoms with Gasteiger partial charge < -0.3 is 5.32 Å². The molecule has 1 N–H and O–H groups in total. The molecule has 0 aliphatic heterocycles. The molecule has 0 unspecified atom stereocenters. The van der Waals surface area contributed by atoms with Gasteiger partial charge in [-0.3, -0.25) is 4.79 Å². The van der Waals surface area contributed by atoms with Gasteiger partial charge in [-0.15, -0.1) is 16.4 Å². The topological polar surface area (TPSA) is 59.8 Å². The molecule has 4 aromatic rings. The maximum atomic E-state index is 12.9. The molecule has 0 saturated heterocycles. The van der Waals surface area contributed by atoms with E-state index >= 15 is 0 Å². The van der Waals surface area contributed by atoms with Crippen LogP contribution in [-0.2, 0) is 6.54 Å². The number of benzene rings is 2. The highest BCUT2D eigenvalue weighted by atomic mass is 32.1. The highest BCUT2D eigenvalue weighted by Gasteiger charge is 2.18. The molecular formula is C20H16N4OS. The van der Waals surface area contributed by atoms with Crippen LogP contribution in [0.15, 0.2) is 78.2 Å². The van der Waals surface area contributed by atoms with E-state index < -0.39 is 0 Å². The fourth-order valence-corrected chi connectivity index (χ4v) is 3.20. The molecule has 0 spiro atoms. The summed E-state index contributed by atoms with van der Waals surface area (Å²) in [7, 11) is 0. The molecular weight excluding hydrogens is 344 g/mol. The third-order valence-electron chi connectivity index (χ3n) is 3.85. The van der Waals surface area contributed by atoms with Gasteiger partial charge in [0.05, 0.1) is 6.54 Å². The molecule has 2 aromatic heterocycles. The van der Waals surface area contributed by atoms with Crippen LogP contribution in [0.1, 0.15) is 15.2 Å². The Balaban J connectivity index is 1.70. The van der Waals surface area contributed by atoms with E-state index in [9.17, 15) is 4.79 Å². The predicted molar refractivity (Wildman–Crippen MR) is 103 cm³/mol. The van der Waals surface area contributed by atoms with E-state index in [4.69, 9.17) is 0 Å². The van der Waals surface area contributed by atoms with Crippen molar-refractivity contribution in [2.45, 2.75) is 6.54 Å². The van der Waals surface area contributed by atoms with Crippen LogP contribution in [0.25, 0.3) is 11.4 Å². The number of thiophene rings is 1. The van der Waals surface area contributed by atoms with E-state index in [0.29, 0.717) is 23.9 Å². The number of nitrogens with one attached hydrogen (secondary N) is 1. The smallest absolute Gasteiger partial charge is 0.281 e. The minimum atomic E-state index is -0.214. The fourth-order valence-electron chi connectivity index (χ4n) is 2.56. The van der Waals surface area contributed by atoms with Crippen LogP contribution >= 0.6 is 11.3 Å². The summed E-state index contributed by atoms with van der Waals surface area (Å²) >= 11 is 1.65. The summed E-state index contributed by atoms with van der Waals surface area (Å²) in [5, 5.41) is 9.71. The number of anilines is 1. The monoisotopic (exact) mass is 360 g/mol. The molecule has 0 aliphatic carbocycles. The van der Waals surface area contributed by atoms with Crippen LogP contribution in [0.5, 0.6) is 0 Å². The van der Waals surface area contributed by atoms with Crippen LogP contribution in [-0.4, -0.2) is 20.7 Å². The van der Waals surface area contributed by atoms with Crippen LogP contribution in [0.3, 0.4) is 0 Å². The quantitative estimate of drug-likeness (QED) is 0.576. The van der Waals surface area contributed by atoms with Crippen LogP contribution in [0.4, 0.5) is 5.95 Å². The zero-order valence-electron chi connectivity index (χ0n) is 13.9. The first kappa shape index (κ1) is 16.2. The standard InChI is InChI=1S/C20H16N4OS/c25-19(16-10-5-2-6-11-16)24-20(21-14-17-12-7-13-26-17)22-18(23-24)15-8-3-1-4-9-15/h1-13H,14H2,(H,21,22,23). The SMILES string of the molecule is O=C(c1ccccc1)n1nc(-c2ccccc2)nc1NCc1cccs1. The van der Waals surface area contributed by atoms with E-state index in [1.54, 1.807) is 23.5 Å². The van der Waals surface area contributed by atoms with E-state index in [2.05, 4.69) is 15.4 Å². The molecule has 128 valence electrons. The Morgan fingerprint density at radius 2 is 1.69 bits per heavy atom.